The Morgan fingerprint density at radius 2 is 2.13 bits per heavy atom. The molecule has 3 N–H and O–H groups in total. The number of aromatic nitrogens is 3. The quantitative estimate of drug-likeness (QED) is 0.562. The van der Waals surface area contributed by atoms with Crippen LogP contribution in [-0.2, 0) is 0 Å². The zero-order chi connectivity index (χ0) is 21.5. The lowest BCUT2D eigenvalue weighted by Gasteiger charge is -2.12. The standard InChI is InChI=1S/C23H25FN4O3/c1-12-19(23(30)28-15-5-6-16(29)9-15)21-22(27-12)20(25-11-26-21)17-8-14(24)4-7-18(17)31-10-13-2-3-13/h4,7-8,11,13,15-16,27,29H,2-3,5-6,9-10H2,1H3,(H,28,30)/t15-,16-/m0/s1. The number of benzene rings is 1. The van der Waals surface area contributed by atoms with E-state index >= 15 is 0 Å². The van der Waals surface area contributed by atoms with Gasteiger partial charge in [-0.2, -0.15) is 0 Å². The van der Waals surface area contributed by atoms with Crippen LogP contribution in [0.25, 0.3) is 22.3 Å². The van der Waals surface area contributed by atoms with Crippen molar-refractivity contribution in [2.75, 3.05) is 6.61 Å². The third-order valence-electron chi connectivity index (χ3n) is 6.11. The third-order valence-corrected chi connectivity index (χ3v) is 6.11. The van der Waals surface area contributed by atoms with E-state index in [4.69, 9.17) is 4.74 Å². The number of aryl methyl sites for hydroxylation is 1. The average molecular weight is 424 g/mol. The van der Waals surface area contributed by atoms with Crippen molar-refractivity contribution in [1.29, 1.82) is 0 Å². The lowest BCUT2D eigenvalue weighted by molar-refractivity contribution is 0.0935. The SMILES string of the molecule is Cc1[nH]c2c(-c3cc(F)ccc3OCC3CC3)ncnc2c1C(=O)N[C@H]1CC[C@H](O)C1. The number of hydrogen-bond acceptors (Lipinski definition) is 5. The first-order chi connectivity index (χ1) is 15.0. The largest absolute Gasteiger partial charge is 0.493 e. The molecular weight excluding hydrogens is 399 g/mol. The Labute approximate surface area is 179 Å². The van der Waals surface area contributed by atoms with Gasteiger partial charge in [-0.15, -0.1) is 0 Å². The molecular formula is C23H25FN4O3. The molecule has 3 aromatic rings. The number of fused-ring (bicyclic) bond motifs is 1. The molecule has 0 bridgehead atoms. The van der Waals surface area contributed by atoms with E-state index < -0.39 is 0 Å². The summed E-state index contributed by atoms with van der Waals surface area (Å²) in [6, 6.07) is 4.34. The van der Waals surface area contributed by atoms with Gasteiger partial charge in [0.25, 0.3) is 5.91 Å². The van der Waals surface area contributed by atoms with Crippen LogP contribution < -0.4 is 10.1 Å². The van der Waals surface area contributed by atoms with Crippen LogP contribution in [0, 0.1) is 18.7 Å². The minimum atomic E-state index is -0.387. The fourth-order valence-electron chi connectivity index (χ4n) is 4.25. The second kappa shape index (κ2) is 7.92. The smallest absolute Gasteiger partial charge is 0.255 e. The number of rotatable bonds is 6. The number of carbonyl (C=O) groups is 1. The highest BCUT2D eigenvalue weighted by Crippen LogP contribution is 2.36. The molecule has 2 saturated carbocycles. The van der Waals surface area contributed by atoms with Crippen molar-refractivity contribution in [2.45, 2.75) is 51.2 Å². The van der Waals surface area contributed by atoms with E-state index in [1.54, 1.807) is 13.0 Å². The molecule has 1 aromatic carbocycles. The first-order valence-corrected chi connectivity index (χ1v) is 10.7. The van der Waals surface area contributed by atoms with Gasteiger partial charge >= 0.3 is 0 Å². The number of hydrogen-bond donors (Lipinski definition) is 3. The van der Waals surface area contributed by atoms with Crippen LogP contribution in [-0.4, -0.2) is 44.7 Å². The number of aliphatic hydroxyl groups excluding tert-OH is 1. The molecule has 2 aliphatic rings. The van der Waals surface area contributed by atoms with Crippen LogP contribution in [0.4, 0.5) is 4.39 Å². The fraction of sp³-hybridized carbons (Fsp3) is 0.435. The van der Waals surface area contributed by atoms with Crippen molar-refractivity contribution in [3.05, 3.63) is 41.6 Å². The average Bonchev–Trinajstić information content (AvgIpc) is 3.38. The van der Waals surface area contributed by atoms with Gasteiger partial charge in [0, 0.05) is 17.3 Å². The highest BCUT2D eigenvalue weighted by molar-refractivity contribution is 6.09. The minimum absolute atomic E-state index is 0.0567. The van der Waals surface area contributed by atoms with Gasteiger partial charge < -0.3 is 20.1 Å². The summed E-state index contributed by atoms with van der Waals surface area (Å²) in [5.74, 6) is 0.491. The van der Waals surface area contributed by atoms with Crippen LogP contribution in [0.3, 0.4) is 0 Å². The van der Waals surface area contributed by atoms with Gasteiger partial charge in [-0.25, -0.2) is 14.4 Å². The van der Waals surface area contributed by atoms with Gasteiger partial charge in [0.15, 0.2) is 0 Å². The molecule has 7 nitrogen and oxygen atoms in total. The minimum Gasteiger partial charge on any atom is -0.493 e. The van der Waals surface area contributed by atoms with Crippen LogP contribution in [0.5, 0.6) is 5.75 Å². The summed E-state index contributed by atoms with van der Waals surface area (Å²) in [5, 5.41) is 12.7. The molecule has 2 aliphatic carbocycles. The summed E-state index contributed by atoms with van der Waals surface area (Å²) in [7, 11) is 0. The van der Waals surface area contributed by atoms with Gasteiger partial charge in [-0.3, -0.25) is 4.79 Å². The van der Waals surface area contributed by atoms with Gasteiger partial charge in [0.05, 0.1) is 23.8 Å². The maximum atomic E-state index is 14.1. The van der Waals surface area contributed by atoms with Crippen LogP contribution in [0.1, 0.15) is 48.2 Å². The Morgan fingerprint density at radius 3 is 2.87 bits per heavy atom. The van der Waals surface area contributed by atoms with Crippen LogP contribution in [0.2, 0.25) is 0 Å². The Morgan fingerprint density at radius 1 is 1.29 bits per heavy atom. The molecule has 0 aliphatic heterocycles. The Hall–Kier alpha value is -3.00. The predicted octanol–water partition coefficient (Wildman–Crippen LogP) is 3.50. The van der Waals surface area contributed by atoms with Crippen LogP contribution in [0.15, 0.2) is 24.5 Å². The summed E-state index contributed by atoms with van der Waals surface area (Å²) in [5.41, 5.74) is 3.17. The number of carbonyl (C=O) groups excluding carboxylic acids is 1. The Balaban J connectivity index is 1.52. The summed E-state index contributed by atoms with van der Waals surface area (Å²) < 4.78 is 20.1. The molecule has 2 aromatic heterocycles. The number of amides is 1. The first-order valence-electron chi connectivity index (χ1n) is 10.7. The van der Waals surface area contributed by atoms with Crippen molar-refractivity contribution in [1.82, 2.24) is 20.3 Å². The number of nitrogens with one attached hydrogen (secondary N) is 2. The first kappa shape index (κ1) is 19.9. The lowest BCUT2D eigenvalue weighted by atomic mass is 10.1. The van der Waals surface area contributed by atoms with E-state index in [0.717, 1.165) is 19.3 Å². The van der Waals surface area contributed by atoms with Gasteiger partial charge in [0.2, 0.25) is 0 Å². The molecule has 2 atom stereocenters. The summed E-state index contributed by atoms with van der Waals surface area (Å²) >= 11 is 0. The van der Waals surface area contributed by atoms with Crippen molar-refractivity contribution < 1.29 is 19.0 Å². The topological polar surface area (TPSA) is 100 Å². The molecule has 162 valence electrons. The molecule has 0 saturated heterocycles. The maximum Gasteiger partial charge on any atom is 0.255 e. The molecule has 5 rings (SSSR count). The van der Waals surface area contributed by atoms with Crippen molar-refractivity contribution in [3.8, 4) is 17.0 Å². The van der Waals surface area contributed by atoms with E-state index in [-0.39, 0.29) is 23.9 Å². The zero-order valence-electron chi connectivity index (χ0n) is 17.3. The number of aliphatic hydroxyl groups is 1. The van der Waals surface area contributed by atoms with Gasteiger partial charge in [-0.05, 0) is 63.1 Å². The summed E-state index contributed by atoms with van der Waals surface area (Å²) in [6.07, 6.45) is 5.31. The second-order valence-corrected chi connectivity index (χ2v) is 8.60. The second-order valence-electron chi connectivity index (χ2n) is 8.60. The number of ether oxygens (including phenoxy) is 1. The summed E-state index contributed by atoms with van der Waals surface area (Å²) in [4.78, 5) is 25.0. The molecule has 0 unspecified atom stereocenters. The highest BCUT2D eigenvalue weighted by Gasteiger charge is 2.28. The van der Waals surface area contributed by atoms with E-state index in [0.29, 0.717) is 64.7 Å². The van der Waals surface area contributed by atoms with Crippen molar-refractivity contribution >= 4 is 16.9 Å². The zero-order valence-corrected chi connectivity index (χ0v) is 17.3. The van der Waals surface area contributed by atoms with Crippen molar-refractivity contribution in [2.24, 2.45) is 5.92 Å². The normalized spacial score (nSPS) is 20.9. The highest BCUT2D eigenvalue weighted by atomic mass is 19.1. The molecule has 8 heteroatoms. The molecule has 2 fully saturated rings. The molecule has 31 heavy (non-hydrogen) atoms. The molecule has 0 radical (unpaired) electrons. The Kier molecular flexibility index (Phi) is 5.09. The van der Waals surface area contributed by atoms with E-state index in [1.165, 1.54) is 18.5 Å². The third kappa shape index (κ3) is 3.99. The van der Waals surface area contributed by atoms with Crippen molar-refractivity contribution in [3.63, 3.8) is 0 Å². The predicted molar refractivity (Wildman–Crippen MR) is 113 cm³/mol. The Bertz CT molecular complexity index is 1140. The van der Waals surface area contributed by atoms with Crippen LogP contribution >= 0.6 is 0 Å². The van der Waals surface area contributed by atoms with E-state index in [9.17, 15) is 14.3 Å². The van der Waals surface area contributed by atoms with Gasteiger partial charge in [-0.1, -0.05) is 0 Å². The molecule has 2 heterocycles. The number of nitrogens with zero attached hydrogens (tertiary/aromatic N) is 2. The number of halogens is 1. The maximum absolute atomic E-state index is 14.1. The number of aromatic amines is 1. The lowest BCUT2D eigenvalue weighted by Crippen LogP contribution is -2.33. The number of H-pyrrole nitrogens is 1. The molecule has 0 spiro atoms. The summed E-state index contributed by atoms with van der Waals surface area (Å²) in [6.45, 7) is 2.40. The van der Waals surface area contributed by atoms with E-state index in [2.05, 4.69) is 20.3 Å². The monoisotopic (exact) mass is 424 g/mol. The molecule has 1 amide bonds. The van der Waals surface area contributed by atoms with Gasteiger partial charge in [0.1, 0.15) is 29.1 Å². The fourth-order valence-corrected chi connectivity index (χ4v) is 4.25. The van der Waals surface area contributed by atoms with E-state index in [1.807, 2.05) is 0 Å².